The van der Waals surface area contributed by atoms with Crippen molar-refractivity contribution in [3.63, 3.8) is 0 Å². The second-order valence-corrected chi connectivity index (χ2v) is 5.76. The molecule has 2 aliphatic heterocycles. The normalized spacial score (nSPS) is 25.9. The molecule has 4 rings (SSSR count). The van der Waals surface area contributed by atoms with Crippen molar-refractivity contribution in [3.8, 4) is 0 Å². The first-order chi connectivity index (χ1) is 11.2. The second kappa shape index (κ2) is 5.15. The molecule has 1 aromatic heterocycles. The maximum atomic E-state index is 12.2. The van der Waals surface area contributed by atoms with Crippen molar-refractivity contribution in [2.24, 2.45) is 5.92 Å². The summed E-state index contributed by atoms with van der Waals surface area (Å²) in [5.41, 5.74) is 1.56. The molecule has 23 heavy (non-hydrogen) atoms. The molecular weight excluding hydrogens is 294 g/mol. The lowest BCUT2D eigenvalue weighted by molar-refractivity contribution is -0.145. The number of benzene rings is 1. The molecule has 0 amide bonds. The van der Waals surface area contributed by atoms with Crippen LogP contribution in [0.2, 0.25) is 0 Å². The summed E-state index contributed by atoms with van der Waals surface area (Å²) in [6.07, 6.45) is 5.43. The van der Waals surface area contributed by atoms with Crippen molar-refractivity contribution < 1.29 is 14.3 Å². The Labute approximate surface area is 132 Å². The average Bonchev–Trinajstić information content (AvgIpc) is 2.89. The van der Waals surface area contributed by atoms with Crippen LogP contribution in [0.15, 0.2) is 42.6 Å². The number of fused-ring (bicyclic) bond motifs is 3. The quantitative estimate of drug-likeness (QED) is 0.783. The summed E-state index contributed by atoms with van der Waals surface area (Å²) in [5.74, 6) is -0.0537. The highest BCUT2D eigenvalue weighted by atomic mass is 16.5. The number of para-hydroxylation sites is 2. The fraction of sp³-hybridized carbons (Fsp3) is 0.294. The zero-order valence-electron chi connectivity index (χ0n) is 12.5. The lowest BCUT2D eigenvalue weighted by Gasteiger charge is -2.31. The van der Waals surface area contributed by atoms with E-state index in [0.717, 1.165) is 11.0 Å². The van der Waals surface area contributed by atoms with Crippen LogP contribution in [0, 0.1) is 5.92 Å². The van der Waals surface area contributed by atoms with Crippen LogP contribution in [0.4, 0.5) is 5.82 Å². The van der Waals surface area contributed by atoms with Gasteiger partial charge in [-0.05, 0) is 24.6 Å². The highest BCUT2D eigenvalue weighted by Gasteiger charge is 2.49. The summed E-state index contributed by atoms with van der Waals surface area (Å²) in [6.45, 7) is 0. The highest BCUT2D eigenvalue weighted by Crippen LogP contribution is 2.38. The molecule has 3 heterocycles. The van der Waals surface area contributed by atoms with Crippen LogP contribution in [0.25, 0.3) is 11.0 Å². The van der Waals surface area contributed by atoms with Crippen molar-refractivity contribution >= 4 is 28.6 Å². The third-order valence-corrected chi connectivity index (χ3v) is 4.54. The monoisotopic (exact) mass is 309 g/mol. The molecule has 116 valence electrons. The molecule has 2 bridgehead atoms. The lowest BCUT2D eigenvalue weighted by atomic mass is 10.0. The van der Waals surface area contributed by atoms with Gasteiger partial charge in [-0.15, -0.1) is 0 Å². The molecule has 0 aliphatic carbocycles. The molecule has 2 aromatic rings. The van der Waals surface area contributed by atoms with E-state index in [1.807, 2.05) is 29.2 Å². The number of ether oxygens (including phenoxy) is 1. The zero-order chi connectivity index (χ0) is 16.0. The summed E-state index contributed by atoms with van der Waals surface area (Å²) < 4.78 is 4.89. The van der Waals surface area contributed by atoms with Crippen LogP contribution in [0.3, 0.4) is 0 Å². The summed E-state index contributed by atoms with van der Waals surface area (Å²) in [6, 6.07) is 6.96. The minimum Gasteiger partial charge on any atom is -0.469 e. The van der Waals surface area contributed by atoms with Gasteiger partial charge in [0.1, 0.15) is 5.82 Å². The van der Waals surface area contributed by atoms with Crippen molar-refractivity contribution in [2.75, 3.05) is 12.0 Å². The van der Waals surface area contributed by atoms with Crippen LogP contribution in [-0.2, 0) is 14.3 Å². The SMILES string of the molecule is COC(=O)C1CC2C(=O)C=CC1N2c1cnc2ccccc2n1. The number of ketones is 1. The van der Waals surface area contributed by atoms with E-state index in [9.17, 15) is 9.59 Å². The maximum Gasteiger partial charge on any atom is 0.311 e. The first-order valence-corrected chi connectivity index (χ1v) is 7.49. The topological polar surface area (TPSA) is 72.4 Å². The van der Waals surface area contributed by atoms with E-state index in [0.29, 0.717) is 12.2 Å². The van der Waals surface area contributed by atoms with Gasteiger partial charge < -0.3 is 9.64 Å². The molecule has 3 unspecified atom stereocenters. The summed E-state index contributed by atoms with van der Waals surface area (Å²) in [5, 5.41) is 0. The van der Waals surface area contributed by atoms with E-state index >= 15 is 0 Å². The van der Waals surface area contributed by atoms with Gasteiger partial charge in [-0.2, -0.15) is 0 Å². The van der Waals surface area contributed by atoms with Gasteiger partial charge >= 0.3 is 5.97 Å². The van der Waals surface area contributed by atoms with Gasteiger partial charge in [0, 0.05) is 0 Å². The Morgan fingerprint density at radius 2 is 2.09 bits per heavy atom. The minimum atomic E-state index is -0.385. The van der Waals surface area contributed by atoms with Crippen LogP contribution in [0.1, 0.15) is 6.42 Å². The molecule has 3 atom stereocenters. The number of methoxy groups -OCH3 is 1. The van der Waals surface area contributed by atoms with Crippen molar-refractivity contribution in [2.45, 2.75) is 18.5 Å². The fourth-order valence-corrected chi connectivity index (χ4v) is 3.45. The molecule has 6 nitrogen and oxygen atoms in total. The van der Waals surface area contributed by atoms with Gasteiger partial charge in [-0.1, -0.05) is 18.2 Å². The number of hydrogen-bond donors (Lipinski definition) is 0. The predicted molar refractivity (Wildman–Crippen MR) is 83.9 cm³/mol. The Morgan fingerprint density at radius 1 is 1.30 bits per heavy atom. The number of carbonyl (C=O) groups excluding carboxylic acids is 2. The number of anilines is 1. The van der Waals surface area contributed by atoms with Crippen molar-refractivity contribution in [1.82, 2.24) is 9.97 Å². The third-order valence-electron chi connectivity index (χ3n) is 4.54. The number of nitrogens with zero attached hydrogens (tertiary/aromatic N) is 3. The molecule has 0 radical (unpaired) electrons. The van der Waals surface area contributed by atoms with Gasteiger partial charge in [-0.3, -0.25) is 14.6 Å². The Balaban J connectivity index is 1.78. The van der Waals surface area contributed by atoms with E-state index in [-0.39, 0.29) is 29.8 Å². The van der Waals surface area contributed by atoms with Gasteiger partial charge in [0.25, 0.3) is 0 Å². The minimum absolute atomic E-state index is 0.0115. The lowest BCUT2D eigenvalue weighted by Crippen LogP contribution is -2.44. The first-order valence-electron chi connectivity index (χ1n) is 7.49. The van der Waals surface area contributed by atoms with Crippen LogP contribution in [0.5, 0.6) is 0 Å². The van der Waals surface area contributed by atoms with E-state index in [4.69, 9.17) is 4.74 Å². The molecule has 1 fully saturated rings. The zero-order valence-corrected chi connectivity index (χ0v) is 12.5. The average molecular weight is 309 g/mol. The smallest absolute Gasteiger partial charge is 0.311 e. The fourth-order valence-electron chi connectivity index (χ4n) is 3.45. The third kappa shape index (κ3) is 2.10. The van der Waals surface area contributed by atoms with E-state index in [1.54, 1.807) is 18.3 Å². The van der Waals surface area contributed by atoms with Crippen LogP contribution >= 0.6 is 0 Å². The maximum absolute atomic E-state index is 12.2. The molecule has 6 heteroatoms. The number of rotatable bonds is 2. The Bertz CT molecular complexity index is 833. The highest BCUT2D eigenvalue weighted by molar-refractivity contribution is 6.00. The van der Waals surface area contributed by atoms with Gasteiger partial charge in [0.05, 0.1) is 42.3 Å². The molecule has 0 saturated carbocycles. The molecule has 1 aromatic carbocycles. The first kappa shape index (κ1) is 13.9. The van der Waals surface area contributed by atoms with E-state index in [2.05, 4.69) is 9.97 Å². The van der Waals surface area contributed by atoms with Gasteiger partial charge in [-0.25, -0.2) is 4.98 Å². The summed E-state index contributed by atoms with van der Waals surface area (Å²) in [4.78, 5) is 35.2. The Kier molecular flexibility index (Phi) is 3.11. The molecule has 2 aliphatic rings. The molecule has 0 N–H and O–H groups in total. The summed E-state index contributed by atoms with van der Waals surface area (Å²) >= 11 is 0. The molecule has 0 spiro atoms. The summed E-state index contributed by atoms with van der Waals surface area (Å²) in [7, 11) is 1.37. The van der Waals surface area contributed by atoms with E-state index < -0.39 is 0 Å². The molecular formula is C17H15N3O3. The number of hydrogen-bond acceptors (Lipinski definition) is 6. The van der Waals surface area contributed by atoms with Gasteiger partial charge in [0.15, 0.2) is 5.78 Å². The standard InChI is InChI=1S/C17H15N3O3/c1-23-17(22)10-8-14-15(21)7-6-13(10)20(14)16-9-18-11-4-2-3-5-12(11)19-16/h2-7,9-10,13-14H,8H2,1H3. The number of carbonyl (C=O) groups is 2. The Hall–Kier alpha value is -2.76. The van der Waals surface area contributed by atoms with E-state index in [1.165, 1.54) is 7.11 Å². The van der Waals surface area contributed by atoms with Crippen molar-refractivity contribution in [3.05, 3.63) is 42.6 Å². The van der Waals surface area contributed by atoms with Gasteiger partial charge in [0.2, 0.25) is 0 Å². The second-order valence-electron chi connectivity index (χ2n) is 5.76. The largest absolute Gasteiger partial charge is 0.469 e. The number of aromatic nitrogens is 2. The number of esters is 1. The van der Waals surface area contributed by atoms with Crippen LogP contribution < -0.4 is 4.90 Å². The predicted octanol–water partition coefficient (Wildman–Crippen LogP) is 1.51. The Morgan fingerprint density at radius 3 is 2.87 bits per heavy atom. The van der Waals surface area contributed by atoms with Crippen molar-refractivity contribution in [1.29, 1.82) is 0 Å². The van der Waals surface area contributed by atoms with Crippen LogP contribution in [-0.4, -0.2) is 40.9 Å². The molecule has 1 saturated heterocycles.